The molecule has 0 spiro atoms. The number of esters is 1. The summed E-state index contributed by atoms with van der Waals surface area (Å²) in [5.74, 6) is -0.0504. The Hall–Kier alpha value is -2.70. The van der Waals surface area contributed by atoms with E-state index in [-0.39, 0.29) is 31.2 Å². The summed E-state index contributed by atoms with van der Waals surface area (Å²) in [6.07, 6.45) is 1.62. The normalized spacial score (nSPS) is 13.7. The molecule has 1 saturated carbocycles. The summed E-state index contributed by atoms with van der Waals surface area (Å²) in [5, 5.41) is 4.34. The number of hydrogen-bond acceptors (Lipinski definition) is 5. The predicted octanol–water partition coefficient (Wildman–Crippen LogP) is 1.43. The molecular formula is C17H19N3O4. The van der Waals surface area contributed by atoms with Crippen LogP contribution < -0.4 is 5.69 Å². The molecule has 1 heterocycles. The second-order valence-corrected chi connectivity index (χ2v) is 5.76. The van der Waals surface area contributed by atoms with Gasteiger partial charge < -0.3 is 4.74 Å². The molecule has 0 aliphatic heterocycles. The summed E-state index contributed by atoms with van der Waals surface area (Å²) in [4.78, 5) is 36.0. The van der Waals surface area contributed by atoms with Crippen LogP contribution in [-0.2, 0) is 20.9 Å². The van der Waals surface area contributed by atoms with Crippen molar-refractivity contribution in [3.63, 3.8) is 0 Å². The Morgan fingerprint density at radius 2 is 1.96 bits per heavy atom. The molecule has 0 bridgehead atoms. The van der Waals surface area contributed by atoms with Gasteiger partial charge in [-0.05, 0) is 31.9 Å². The number of ether oxygens (including phenoxy) is 1. The van der Waals surface area contributed by atoms with Gasteiger partial charge in [0.1, 0.15) is 18.8 Å². The number of carbonyl (C=O) groups is 2. The van der Waals surface area contributed by atoms with Gasteiger partial charge in [0.15, 0.2) is 5.78 Å². The molecule has 0 atom stereocenters. The number of Topliss-reactive ketones (excluding diaryl/α,β-unsaturated/α-hetero) is 1. The molecule has 1 aliphatic rings. The van der Waals surface area contributed by atoms with E-state index in [4.69, 9.17) is 4.74 Å². The molecule has 3 rings (SSSR count). The quantitative estimate of drug-likeness (QED) is 0.567. The van der Waals surface area contributed by atoms with Crippen molar-refractivity contribution in [1.29, 1.82) is 0 Å². The zero-order valence-corrected chi connectivity index (χ0v) is 13.5. The van der Waals surface area contributed by atoms with E-state index >= 15 is 0 Å². The van der Waals surface area contributed by atoms with Gasteiger partial charge in [-0.1, -0.05) is 18.2 Å². The second kappa shape index (κ2) is 6.82. The Morgan fingerprint density at radius 1 is 1.25 bits per heavy atom. The van der Waals surface area contributed by atoms with E-state index < -0.39 is 11.8 Å². The van der Waals surface area contributed by atoms with E-state index in [1.165, 1.54) is 0 Å². The molecule has 1 aromatic carbocycles. The monoisotopic (exact) mass is 329 g/mol. The third-order valence-corrected chi connectivity index (χ3v) is 3.79. The summed E-state index contributed by atoms with van der Waals surface area (Å²) < 4.78 is 7.45. The van der Waals surface area contributed by atoms with Crippen LogP contribution >= 0.6 is 0 Å². The fourth-order valence-electron chi connectivity index (χ4n) is 2.55. The van der Waals surface area contributed by atoms with Crippen molar-refractivity contribution in [2.45, 2.75) is 38.6 Å². The highest BCUT2D eigenvalue weighted by Crippen LogP contribution is 2.39. The van der Waals surface area contributed by atoms with E-state index in [0.29, 0.717) is 5.82 Å². The summed E-state index contributed by atoms with van der Waals surface area (Å²) in [5.41, 5.74) is 0.369. The summed E-state index contributed by atoms with van der Waals surface area (Å²) in [7, 11) is 0. The van der Waals surface area contributed by atoms with E-state index in [1.54, 1.807) is 11.5 Å². The summed E-state index contributed by atoms with van der Waals surface area (Å²) in [6, 6.07) is 9.24. The van der Waals surface area contributed by atoms with Crippen LogP contribution in [0, 0.1) is 0 Å². The minimum atomic E-state index is -0.583. The summed E-state index contributed by atoms with van der Waals surface area (Å²) in [6.45, 7) is 1.67. The molecular weight excluding hydrogens is 310 g/mol. The number of hydrogen-bond donors (Lipinski definition) is 0. The standard InChI is InChI=1S/C17H19N3O4/c1-2-24-15(22)10-14(21)11-19-17(23)20(13-6-4-3-5-7-13)16(18-19)12-8-9-12/h3-7,12H,2,8-11H2,1H3. The molecule has 0 radical (unpaired) electrons. The van der Waals surface area contributed by atoms with Gasteiger partial charge >= 0.3 is 11.7 Å². The second-order valence-electron chi connectivity index (χ2n) is 5.76. The zero-order chi connectivity index (χ0) is 17.1. The Balaban J connectivity index is 1.86. The number of ketones is 1. The molecule has 1 aliphatic carbocycles. The molecule has 24 heavy (non-hydrogen) atoms. The number of rotatable bonds is 7. The maximum atomic E-state index is 12.7. The molecule has 7 heteroatoms. The average molecular weight is 329 g/mol. The molecule has 126 valence electrons. The van der Waals surface area contributed by atoms with Crippen LogP contribution in [0.1, 0.15) is 37.9 Å². The van der Waals surface area contributed by atoms with Crippen molar-refractivity contribution < 1.29 is 14.3 Å². The van der Waals surface area contributed by atoms with E-state index in [0.717, 1.165) is 23.2 Å². The van der Waals surface area contributed by atoms with Gasteiger partial charge in [-0.15, -0.1) is 0 Å². The maximum absolute atomic E-state index is 12.7. The Kier molecular flexibility index (Phi) is 4.59. The third-order valence-electron chi connectivity index (χ3n) is 3.79. The van der Waals surface area contributed by atoms with Crippen molar-refractivity contribution in [1.82, 2.24) is 14.3 Å². The van der Waals surface area contributed by atoms with Crippen molar-refractivity contribution >= 4 is 11.8 Å². The van der Waals surface area contributed by atoms with Crippen molar-refractivity contribution in [3.8, 4) is 5.69 Å². The first kappa shape index (κ1) is 16.2. The van der Waals surface area contributed by atoms with Crippen molar-refractivity contribution in [2.24, 2.45) is 0 Å². The van der Waals surface area contributed by atoms with Crippen LogP contribution in [0.2, 0.25) is 0 Å². The largest absolute Gasteiger partial charge is 0.466 e. The van der Waals surface area contributed by atoms with Crippen LogP contribution in [0.25, 0.3) is 5.69 Å². The van der Waals surface area contributed by atoms with Gasteiger partial charge in [0.2, 0.25) is 0 Å². The van der Waals surface area contributed by atoms with Crippen LogP contribution in [-0.4, -0.2) is 32.7 Å². The molecule has 0 N–H and O–H groups in total. The van der Waals surface area contributed by atoms with Crippen LogP contribution in [0.5, 0.6) is 0 Å². The number of para-hydroxylation sites is 1. The van der Waals surface area contributed by atoms with E-state index in [9.17, 15) is 14.4 Å². The molecule has 2 aromatic rings. The Labute approximate surface area is 138 Å². The van der Waals surface area contributed by atoms with Gasteiger partial charge in [-0.2, -0.15) is 5.10 Å². The van der Waals surface area contributed by atoms with Gasteiger partial charge in [0.05, 0.1) is 12.3 Å². The van der Waals surface area contributed by atoms with Gasteiger partial charge in [-0.25, -0.2) is 14.0 Å². The smallest absolute Gasteiger partial charge is 0.350 e. The fourth-order valence-corrected chi connectivity index (χ4v) is 2.55. The lowest BCUT2D eigenvalue weighted by Gasteiger charge is -2.03. The topological polar surface area (TPSA) is 83.2 Å². The number of carbonyl (C=O) groups excluding carboxylic acids is 2. The lowest BCUT2D eigenvalue weighted by atomic mass is 10.3. The highest BCUT2D eigenvalue weighted by Gasteiger charge is 2.31. The van der Waals surface area contributed by atoms with Gasteiger partial charge in [0, 0.05) is 5.92 Å². The summed E-state index contributed by atoms with van der Waals surface area (Å²) >= 11 is 0. The van der Waals surface area contributed by atoms with E-state index in [1.807, 2.05) is 30.3 Å². The van der Waals surface area contributed by atoms with Crippen molar-refractivity contribution in [3.05, 3.63) is 46.6 Å². The first-order chi connectivity index (χ1) is 11.6. The minimum Gasteiger partial charge on any atom is -0.466 e. The van der Waals surface area contributed by atoms with Gasteiger partial charge in [0.25, 0.3) is 0 Å². The number of aromatic nitrogens is 3. The molecule has 0 unspecified atom stereocenters. The highest BCUT2D eigenvalue weighted by atomic mass is 16.5. The average Bonchev–Trinajstić information content (AvgIpc) is 3.34. The first-order valence-electron chi connectivity index (χ1n) is 8.02. The number of nitrogens with zero attached hydrogens (tertiary/aromatic N) is 3. The molecule has 0 amide bonds. The lowest BCUT2D eigenvalue weighted by Crippen LogP contribution is -2.28. The van der Waals surface area contributed by atoms with Crippen LogP contribution in [0.3, 0.4) is 0 Å². The fraction of sp³-hybridized carbons (Fsp3) is 0.412. The predicted molar refractivity (Wildman–Crippen MR) is 86.1 cm³/mol. The minimum absolute atomic E-state index is 0.223. The lowest BCUT2D eigenvalue weighted by molar-refractivity contribution is -0.145. The molecule has 1 aromatic heterocycles. The van der Waals surface area contributed by atoms with Crippen LogP contribution in [0.4, 0.5) is 0 Å². The zero-order valence-electron chi connectivity index (χ0n) is 13.5. The van der Waals surface area contributed by atoms with Crippen molar-refractivity contribution in [2.75, 3.05) is 6.61 Å². The van der Waals surface area contributed by atoms with Gasteiger partial charge in [-0.3, -0.25) is 9.59 Å². The third kappa shape index (κ3) is 3.45. The molecule has 0 saturated heterocycles. The number of benzene rings is 1. The molecule has 1 fully saturated rings. The Morgan fingerprint density at radius 3 is 2.58 bits per heavy atom. The first-order valence-corrected chi connectivity index (χ1v) is 8.02. The SMILES string of the molecule is CCOC(=O)CC(=O)Cn1nc(C2CC2)n(-c2ccccc2)c1=O. The van der Waals surface area contributed by atoms with E-state index in [2.05, 4.69) is 5.10 Å². The highest BCUT2D eigenvalue weighted by molar-refractivity contribution is 5.95. The maximum Gasteiger partial charge on any atom is 0.350 e. The Bertz CT molecular complexity index is 803. The van der Waals surface area contributed by atoms with Crippen LogP contribution in [0.15, 0.2) is 35.1 Å². The molecule has 7 nitrogen and oxygen atoms in total.